The van der Waals surface area contributed by atoms with Gasteiger partial charge in [0.1, 0.15) is 6.10 Å². The summed E-state index contributed by atoms with van der Waals surface area (Å²) in [5.41, 5.74) is 0. The van der Waals surface area contributed by atoms with Crippen LogP contribution in [0.3, 0.4) is 0 Å². The molecule has 5 nitrogen and oxygen atoms in total. The third-order valence-corrected chi connectivity index (χ3v) is 2.73. The molecule has 0 radical (unpaired) electrons. The van der Waals surface area contributed by atoms with Crippen LogP contribution in [0, 0.1) is 0 Å². The smallest absolute Gasteiger partial charge is 0.335 e. The number of hydrogen-bond acceptors (Lipinski definition) is 6. The molecule has 0 bridgehead atoms. The summed E-state index contributed by atoms with van der Waals surface area (Å²) >= 11 is 4.25. The van der Waals surface area contributed by atoms with Gasteiger partial charge in [0.05, 0.1) is 6.10 Å². The molecule has 6 heteroatoms. The van der Waals surface area contributed by atoms with E-state index in [0.717, 1.165) is 0 Å². The number of esters is 1. The molecular weight excluding hydrogens is 232 g/mol. The zero-order chi connectivity index (χ0) is 12.1. The van der Waals surface area contributed by atoms with Gasteiger partial charge in [-0.05, 0) is 25.7 Å². The predicted octanol–water partition coefficient (Wildman–Crippen LogP) is -0.342. The Morgan fingerprint density at radius 2 is 1.88 bits per heavy atom. The van der Waals surface area contributed by atoms with Crippen LogP contribution < -0.4 is 0 Å². The van der Waals surface area contributed by atoms with E-state index in [9.17, 15) is 19.8 Å². The molecule has 1 fully saturated rings. The van der Waals surface area contributed by atoms with Gasteiger partial charge < -0.3 is 32.4 Å². The van der Waals surface area contributed by atoms with E-state index in [1.807, 2.05) is 0 Å². The van der Waals surface area contributed by atoms with Crippen LogP contribution in [0.25, 0.3) is 0 Å². The lowest BCUT2D eigenvalue weighted by atomic mass is 9.95. The minimum atomic E-state index is -1.46. The van der Waals surface area contributed by atoms with E-state index in [0.29, 0.717) is 25.7 Å². The Labute approximate surface area is 99.2 Å². The molecule has 16 heavy (non-hydrogen) atoms. The first-order valence-electron chi connectivity index (χ1n) is 5.25. The highest BCUT2D eigenvalue weighted by molar-refractivity contribution is 7.77. The third-order valence-electron chi connectivity index (χ3n) is 2.56. The molecule has 1 rings (SSSR count). The Morgan fingerprint density at radius 3 is 2.38 bits per heavy atom. The summed E-state index contributed by atoms with van der Waals surface area (Å²) in [7, 11) is 0. The predicted molar refractivity (Wildman–Crippen MR) is 57.4 cm³/mol. The Bertz CT molecular complexity index is 260. The molecule has 1 atom stereocenters. The van der Waals surface area contributed by atoms with Crippen molar-refractivity contribution < 1.29 is 24.5 Å². The van der Waals surface area contributed by atoms with Crippen molar-refractivity contribution >= 4 is 23.7 Å². The highest BCUT2D eigenvalue weighted by Gasteiger charge is 2.25. The zero-order valence-electron chi connectivity index (χ0n) is 8.80. The fraction of sp³-hybridized carbons (Fsp3) is 0.800. The van der Waals surface area contributed by atoms with E-state index in [2.05, 4.69) is 12.6 Å². The second-order valence-electron chi connectivity index (χ2n) is 3.96. The molecule has 0 saturated heterocycles. The van der Waals surface area contributed by atoms with Crippen molar-refractivity contribution in [3.05, 3.63) is 0 Å². The summed E-state index contributed by atoms with van der Waals surface area (Å²) in [6.45, 7) is 0. The van der Waals surface area contributed by atoms with Gasteiger partial charge in [0.25, 0.3) is 0 Å². The average Bonchev–Trinajstić information content (AvgIpc) is 2.20. The van der Waals surface area contributed by atoms with E-state index in [1.54, 1.807) is 0 Å². The lowest BCUT2D eigenvalue weighted by Gasteiger charge is -2.26. The van der Waals surface area contributed by atoms with Crippen LogP contribution in [0.1, 0.15) is 32.1 Å². The standard InChI is InChI=1S/C10H16O5S/c11-6-1-3-7(4-2-6)15-10(14)8(12)5-9(13)16/h6-8,11-12H,1-5H2,(H,13,16)/p-1. The molecule has 0 amide bonds. The summed E-state index contributed by atoms with van der Waals surface area (Å²) < 4.78 is 5.00. The van der Waals surface area contributed by atoms with Gasteiger partial charge in [0, 0.05) is 11.5 Å². The topological polar surface area (TPSA) is 83.8 Å². The fourth-order valence-electron chi connectivity index (χ4n) is 1.65. The minimum absolute atomic E-state index is 0.272. The van der Waals surface area contributed by atoms with Crippen molar-refractivity contribution in [3.8, 4) is 0 Å². The summed E-state index contributed by atoms with van der Waals surface area (Å²) in [5.74, 6) is -0.806. The van der Waals surface area contributed by atoms with Crippen molar-refractivity contribution in [2.24, 2.45) is 0 Å². The third kappa shape index (κ3) is 4.42. The van der Waals surface area contributed by atoms with Crippen molar-refractivity contribution in [1.29, 1.82) is 0 Å². The van der Waals surface area contributed by atoms with Crippen LogP contribution in [0.4, 0.5) is 0 Å². The number of carbonyl (C=O) groups excluding carboxylic acids is 2. The number of aliphatic hydroxyl groups excluding tert-OH is 2. The quantitative estimate of drug-likeness (QED) is 0.522. The minimum Gasteiger partial charge on any atom is -0.742 e. The first kappa shape index (κ1) is 13.3. The largest absolute Gasteiger partial charge is 0.742 e. The molecule has 0 aromatic heterocycles. The number of carbonyl (C=O) groups is 2. The maximum atomic E-state index is 11.3. The molecule has 1 unspecified atom stereocenters. The second-order valence-corrected chi connectivity index (χ2v) is 4.41. The van der Waals surface area contributed by atoms with Gasteiger partial charge in [-0.25, -0.2) is 4.79 Å². The first-order valence-corrected chi connectivity index (χ1v) is 5.66. The Kier molecular flexibility index (Phi) is 5.11. The van der Waals surface area contributed by atoms with E-state index >= 15 is 0 Å². The van der Waals surface area contributed by atoms with Crippen LogP contribution in [0.15, 0.2) is 0 Å². The van der Waals surface area contributed by atoms with Crippen molar-refractivity contribution in [2.75, 3.05) is 0 Å². The van der Waals surface area contributed by atoms with Crippen molar-refractivity contribution in [3.63, 3.8) is 0 Å². The van der Waals surface area contributed by atoms with E-state index in [1.165, 1.54) is 0 Å². The Balaban J connectivity index is 2.31. The lowest BCUT2D eigenvalue weighted by molar-refractivity contribution is -0.162. The van der Waals surface area contributed by atoms with Crippen LogP contribution in [0.2, 0.25) is 0 Å². The molecule has 1 aliphatic carbocycles. The van der Waals surface area contributed by atoms with Crippen LogP contribution in [-0.4, -0.2) is 39.6 Å². The molecular formula is C10H15O5S-. The number of rotatable bonds is 4. The van der Waals surface area contributed by atoms with Crippen LogP contribution >= 0.6 is 0 Å². The molecule has 0 aromatic carbocycles. The molecule has 0 heterocycles. The second kappa shape index (κ2) is 6.12. The zero-order valence-corrected chi connectivity index (χ0v) is 9.61. The summed E-state index contributed by atoms with van der Waals surface area (Å²) in [6.07, 6.45) is -0.0919. The van der Waals surface area contributed by atoms with Gasteiger partial charge in [0.15, 0.2) is 6.10 Å². The Morgan fingerprint density at radius 1 is 1.31 bits per heavy atom. The number of ether oxygens (including phenoxy) is 1. The molecule has 92 valence electrons. The van der Waals surface area contributed by atoms with E-state index < -0.39 is 17.2 Å². The van der Waals surface area contributed by atoms with Crippen molar-refractivity contribution in [2.45, 2.75) is 50.4 Å². The molecule has 2 N–H and O–H groups in total. The highest BCUT2D eigenvalue weighted by Crippen LogP contribution is 2.21. The SMILES string of the molecule is O=C([S-])CC(O)C(=O)OC1CCC(O)CC1. The highest BCUT2D eigenvalue weighted by atomic mass is 32.1. The first-order chi connectivity index (χ1) is 7.49. The van der Waals surface area contributed by atoms with Gasteiger partial charge in [-0.1, -0.05) is 0 Å². The van der Waals surface area contributed by atoms with Crippen LogP contribution in [-0.2, 0) is 27.0 Å². The molecule has 0 spiro atoms. The van der Waals surface area contributed by atoms with Gasteiger partial charge in [-0.15, -0.1) is 0 Å². The monoisotopic (exact) mass is 247 g/mol. The van der Waals surface area contributed by atoms with E-state index in [4.69, 9.17) is 4.74 Å². The summed E-state index contributed by atoms with van der Waals surface area (Å²) in [4.78, 5) is 21.8. The average molecular weight is 247 g/mol. The summed E-state index contributed by atoms with van der Waals surface area (Å²) in [6, 6.07) is 0. The maximum absolute atomic E-state index is 11.3. The normalized spacial score (nSPS) is 27.1. The molecule has 1 saturated carbocycles. The maximum Gasteiger partial charge on any atom is 0.335 e. The van der Waals surface area contributed by atoms with Gasteiger partial charge in [-0.3, -0.25) is 0 Å². The van der Waals surface area contributed by atoms with Gasteiger partial charge in [-0.2, -0.15) is 0 Å². The number of aliphatic hydroxyl groups is 2. The number of hydrogen-bond donors (Lipinski definition) is 2. The summed E-state index contributed by atoms with van der Waals surface area (Å²) in [5, 5.41) is 17.8. The van der Waals surface area contributed by atoms with E-state index in [-0.39, 0.29) is 18.6 Å². The fourth-order valence-corrected chi connectivity index (χ4v) is 1.80. The lowest BCUT2D eigenvalue weighted by Crippen LogP contribution is -2.32. The van der Waals surface area contributed by atoms with Gasteiger partial charge >= 0.3 is 5.97 Å². The molecule has 0 aromatic rings. The molecule has 1 aliphatic rings. The van der Waals surface area contributed by atoms with Gasteiger partial charge in [0.2, 0.25) is 0 Å². The van der Waals surface area contributed by atoms with Crippen molar-refractivity contribution in [1.82, 2.24) is 0 Å². The Hall–Kier alpha value is -0.720. The van der Waals surface area contributed by atoms with Crippen LogP contribution in [0.5, 0.6) is 0 Å². The molecule has 0 aliphatic heterocycles.